The van der Waals surface area contributed by atoms with Gasteiger partial charge in [-0.15, -0.1) is 0 Å². The van der Waals surface area contributed by atoms with Crippen molar-refractivity contribution in [1.82, 2.24) is 14.7 Å². The van der Waals surface area contributed by atoms with Crippen LogP contribution in [-0.2, 0) is 13.5 Å². The predicted molar refractivity (Wildman–Crippen MR) is 84.9 cm³/mol. The van der Waals surface area contributed by atoms with Crippen molar-refractivity contribution in [2.24, 2.45) is 7.05 Å². The molecule has 5 heteroatoms. The molecule has 1 aliphatic heterocycles. The molecule has 4 nitrogen and oxygen atoms in total. The second kappa shape index (κ2) is 6.16. The molecule has 0 bridgehead atoms. The molecule has 2 atom stereocenters. The first kappa shape index (κ1) is 16.0. The van der Waals surface area contributed by atoms with E-state index in [4.69, 9.17) is 0 Å². The van der Waals surface area contributed by atoms with Gasteiger partial charge in [0.15, 0.2) is 0 Å². The molecule has 1 saturated heterocycles. The Hall–Kier alpha value is -0.390. The molecular weight excluding hydrogens is 318 g/mol. The lowest BCUT2D eigenvalue weighted by Crippen LogP contribution is -2.54. The molecule has 2 unspecified atom stereocenters. The third-order valence-corrected chi connectivity index (χ3v) is 5.94. The quantitative estimate of drug-likeness (QED) is 0.893. The fourth-order valence-corrected chi connectivity index (χ4v) is 3.70. The van der Waals surface area contributed by atoms with Crippen molar-refractivity contribution in [1.29, 1.82) is 0 Å². The van der Waals surface area contributed by atoms with Crippen molar-refractivity contribution < 1.29 is 5.11 Å². The average Bonchev–Trinajstić information content (AvgIpc) is 3.03. The van der Waals surface area contributed by atoms with Crippen LogP contribution >= 0.6 is 15.9 Å². The molecular formula is C15H26BrN3O. The first-order valence-electron chi connectivity index (χ1n) is 7.51. The van der Waals surface area contributed by atoms with Crippen LogP contribution in [0.25, 0.3) is 0 Å². The summed E-state index contributed by atoms with van der Waals surface area (Å²) >= 11 is 3.59. The Kier molecular flexibility index (Phi) is 4.92. The lowest BCUT2D eigenvalue weighted by Gasteiger charge is -2.42. The van der Waals surface area contributed by atoms with Gasteiger partial charge in [-0.2, -0.15) is 5.10 Å². The Bertz CT molecular complexity index is 468. The number of rotatable bonds is 5. The van der Waals surface area contributed by atoms with Gasteiger partial charge in [-0.3, -0.25) is 9.58 Å². The first-order valence-corrected chi connectivity index (χ1v) is 8.30. The molecule has 0 aromatic carbocycles. The zero-order chi connectivity index (χ0) is 14.9. The Morgan fingerprint density at radius 1 is 1.40 bits per heavy atom. The molecule has 2 heterocycles. The number of aryl methyl sites for hydroxylation is 2. The molecule has 0 aliphatic carbocycles. The van der Waals surface area contributed by atoms with E-state index < -0.39 is 0 Å². The molecule has 0 saturated carbocycles. The van der Waals surface area contributed by atoms with E-state index in [1.54, 1.807) is 0 Å². The van der Waals surface area contributed by atoms with Crippen LogP contribution in [0.4, 0.5) is 0 Å². The van der Waals surface area contributed by atoms with Gasteiger partial charge in [0.05, 0.1) is 22.0 Å². The van der Waals surface area contributed by atoms with Crippen molar-refractivity contribution in [3.05, 3.63) is 15.9 Å². The predicted octanol–water partition coefficient (Wildman–Crippen LogP) is 2.66. The summed E-state index contributed by atoms with van der Waals surface area (Å²) in [7, 11) is 1.94. The second-order valence-corrected chi connectivity index (χ2v) is 6.89. The zero-order valence-electron chi connectivity index (χ0n) is 13.0. The molecule has 1 fully saturated rings. The van der Waals surface area contributed by atoms with E-state index in [0.29, 0.717) is 6.42 Å². The fraction of sp³-hybridized carbons (Fsp3) is 0.800. The average molecular weight is 344 g/mol. The number of aliphatic hydroxyl groups is 1. The lowest BCUT2D eigenvalue weighted by molar-refractivity contribution is -0.0127. The van der Waals surface area contributed by atoms with Crippen LogP contribution in [0.15, 0.2) is 4.47 Å². The molecule has 114 valence electrons. The summed E-state index contributed by atoms with van der Waals surface area (Å²) in [6.45, 7) is 8.56. The van der Waals surface area contributed by atoms with Crippen molar-refractivity contribution in [3.8, 4) is 0 Å². The Labute approximate surface area is 130 Å². The van der Waals surface area contributed by atoms with Crippen LogP contribution < -0.4 is 0 Å². The van der Waals surface area contributed by atoms with Crippen molar-refractivity contribution in [2.45, 2.75) is 58.1 Å². The third kappa shape index (κ3) is 2.81. The summed E-state index contributed by atoms with van der Waals surface area (Å²) in [5.41, 5.74) is 1.91. The van der Waals surface area contributed by atoms with Gasteiger partial charge < -0.3 is 5.11 Å². The highest BCUT2D eigenvalue weighted by Gasteiger charge is 2.39. The van der Waals surface area contributed by atoms with Gasteiger partial charge in [-0.25, -0.2) is 0 Å². The zero-order valence-corrected chi connectivity index (χ0v) is 14.6. The van der Waals surface area contributed by atoms with Crippen LogP contribution in [0.5, 0.6) is 0 Å². The van der Waals surface area contributed by atoms with Crippen molar-refractivity contribution in [3.63, 3.8) is 0 Å². The summed E-state index contributed by atoms with van der Waals surface area (Å²) in [6, 6.07) is 0. The molecule has 0 spiro atoms. The van der Waals surface area contributed by atoms with Gasteiger partial charge in [-0.1, -0.05) is 6.92 Å². The summed E-state index contributed by atoms with van der Waals surface area (Å²) in [4.78, 5) is 2.45. The highest BCUT2D eigenvalue weighted by Crippen LogP contribution is 2.31. The maximum absolute atomic E-state index is 10.8. The largest absolute Gasteiger partial charge is 0.391 e. The Morgan fingerprint density at radius 2 is 2.00 bits per heavy atom. The Balaban J connectivity index is 2.18. The molecule has 1 aliphatic rings. The van der Waals surface area contributed by atoms with Gasteiger partial charge in [0.1, 0.15) is 0 Å². The maximum Gasteiger partial charge on any atom is 0.0776 e. The standard InChI is InChI=1S/C15H26BrN3O/c1-5-15(3,19-8-6-7-9-19)13(20)10-12-14(16)11(2)17-18(12)4/h13,20H,5-10H2,1-4H3. The molecule has 20 heavy (non-hydrogen) atoms. The molecule has 0 amide bonds. The first-order chi connectivity index (χ1) is 9.40. The third-order valence-electron chi connectivity index (χ3n) is 4.91. The minimum Gasteiger partial charge on any atom is -0.391 e. The summed E-state index contributed by atoms with van der Waals surface area (Å²) in [5, 5.41) is 15.3. The maximum atomic E-state index is 10.8. The smallest absolute Gasteiger partial charge is 0.0776 e. The number of likely N-dealkylation sites (tertiary alicyclic amines) is 1. The Morgan fingerprint density at radius 3 is 2.45 bits per heavy atom. The normalized spacial score (nSPS) is 21.1. The van der Waals surface area contributed by atoms with Gasteiger partial charge in [0.25, 0.3) is 0 Å². The SMILES string of the molecule is CCC(C)(C(O)Cc1c(Br)c(C)nn1C)N1CCCC1. The van der Waals surface area contributed by atoms with Crippen LogP contribution in [0.2, 0.25) is 0 Å². The summed E-state index contributed by atoms with van der Waals surface area (Å²) in [6.07, 6.45) is 3.71. The van der Waals surface area contributed by atoms with Gasteiger partial charge in [-0.05, 0) is 62.1 Å². The summed E-state index contributed by atoms with van der Waals surface area (Å²) in [5.74, 6) is 0. The number of halogens is 1. The van der Waals surface area contributed by atoms with E-state index >= 15 is 0 Å². The topological polar surface area (TPSA) is 41.3 Å². The minimum atomic E-state index is -0.378. The second-order valence-electron chi connectivity index (χ2n) is 6.09. The number of aliphatic hydroxyl groups excluding tert-OH is 1. The van der Waals surface area contributed by atoms with E-state index in [2.05, 4.69) is 39.8 Å². The monoisotopic (exact) mass is 343 g/mol. The van der Waals surface area contributed by atoms with E-state index in [1.165, 1.54) is 12.8 Å². The highest BCUT2D eigenvalue weighted by molar-refractivity contribution is 9.10. The van der Waals surface area contributed by atoms with Crippen LogP contribution in [-0.4, -0.2) is 44.5 Å². The van der Waals surface area contributed by atoms with Gasteiger partial charge in [0, 0.05) is 19.0 Å². The molecule has 2 rings (SSSR count). The van der Waals surface area contributed by atoms with Crippen molar-refractivity contribution in [2.75, 3.05) is 13.1 Å². The lowest BCUT2D eigenvalue weighted by atomic mass is 9.87. The molecule has 1 aromatic heterocycles. The number of aromatic nitrogens is 2. The van der Waals surface area contributed by atoms with Crippen LogP contribution in [0, 0.1) is 6.92 Å². The van der Waals surface area contributed by atoms with Gasteiger partial charge in [0.2, 0.25) is 0 Å². The van der Waals surface area contributed by atoms with Crippen molar-refractivity contribution >= 4 is 15.9 Å². The highest BCUT2D eigenvalue weighted by atomic mass is 79.9. The molecule has 0 radical (unpaired) electrons. The molecule has 1 N–H and O–H groups in total. The van der Waals surface area contributed by atoms with E-state index in [9.17, 15) is 5.11 Å². The van der Waals surface area contributed by atoms with Crippen LogP contribution in [0.1, 0.15) is 44.5 Å². The number of hydrogen-bond acceptors (Lipinski definition) is 3. The minimum absolute atomic E-state index is 0.145. The van der Waals surface area contributed by atoms with E-state index in [-0.39, 0.29) is 11.6 Å². The number of nitrogens with zero attached hydrogens (tertiary/aromatic N) is 3. The fourth-order valence-electron chi connectivity index (χ4n) is 3.20. The van der Waals surface area contributed by atoms with E-state index in [1.807, 2.05) is 18.7 Å². The summed E-state index contributed by atoms with van der Waals surface area (Å²) < 4.78 is 2.90. The molecule has 1 aromatic rings. The van der Waals surface area contributed by atoms with E-state index in [0.717, 1.165) is 35.4 Å². The van der Waals surface area contributed by atoms with Crippen LogP contribution in [0.3, 0.4) is 0 Å². The number of hydrogen-bond donors (Lipinski definition) is 1. The van der Waals surface area contributed by atoms with Gasteiger partial charge >= 0.3 is 0 Å².